The lowest BCUT2D eigenvalue weighted by Gasteiger charge is -2.05. The molecule has 0 fully saturated rings. The van der Waals surface area contributed by atoms with Crippen molar-refractivity contribution in [1.82, 2.24) is 29.6 Å². The standard InChI is InChI=1S/C14H18N6/c1-11-13-7-12(9-17-14(13)19(2)18-11)8-15-3-5-20-6-4-16-10-20/h4,6-7,9-10,15H,3,5,8H2,1-2H3. The molecule has 0 bridgehead atoms. The number of aromatic nitrogens is 5. The predicted octanol–water partition coefficient (Wildman–Crippen LogP) is 1.26. The summed E-state index contributed by atoms with van der Waals surface area (Å²) in [4.78, 5) is 8.50. The monoisotopic (exact) mass is 270 g/mol. The van der Waals surface area contributed by atoms with Gasteiger partial charge in [0.05, 0.1) is 12.0 Å². The van der Waals surface area contributed by atoms with Gasteiger partial charge in [0.2, 0.25) is 0 Å². The van der Waals surface area contributed by atoms with E-state index in [1.807, 2.05) is 37.4 Å². The molecule has 6 heteroatoms. The molecule has 3 aromatic rings. The Kier molecular flexibility index (Phi) is 3.47. The summed E-state index contributed by atoms with van der Waals surface area (Å²) < 4.78 is 3.88. The van der Waals surface area contributed by atoms with E-state index in [1.165, 1.54) is 5.56 Å². The number of nitrogens with one attached hydrogen (secondary N) is 1. The van der Waals surface area contributed by atoms with Crippen molar-refractivity contribution < 1.29 is 0 Å². The van der Waals surface area contributed by atoms with E-state index < -0.39 is 0 Å². The molecule has 0 aliphatic rings. The summed E-state index contributed by atoms with van der Waals surface area (Å²) in [5, 5.41) is 8.93. The lowest BCUT2D eigenvalue weighted by molar-refractivity contribution is 0.597. The summed E-state index contributed by atoms with van der Waals surface area (Å²) in [5.74, 6) is 0. The average molecular weight is 270 g/mol. The molecule has 0 atom stereocenters. The molecule has 1 N–H and O–H groups in total. The number of imidazole rings is 1. The zero-order valence-corrected chi connectivity index (χ0v) is 11.7. The minimum Gasteiger partial charge on any atom is -0.336 e. The number of rotatable bonds is 5. The first-order valence-electron chi connectivity index (χ1n) is 6.69. The summed E-state index contributed by atoms with van der Waals surface area (Å²) in [6.45, 7) is 4.65. The Hall–Kier alpha value is -2.21. The normalized spacial score (nSPS) is 11.3. The largest absolute Gasteiger partial charge is 0.336 e. The van der Waals surface area contributed by atoms with E-state index in [1.54, 1.807) is 6.20 Å². The molecule has 104 valence electrons. The van der Waals surface area contributed by atoms with Crippen molar-refractivity contribution in [2.45, 2.75) is 20.0 Å². The first-order chi connectivity index (χ1) is 9.74. The molecule has 3 rings (SSSR count). The second kappa shape index (κ2) is 5.42. The number of hydrogen-bond donors (Lipinski definition) is 1. The van der Waals surface area contributed by atoms with E-state index in [0.29, 0.717) is 0 Å². The molecule has 0 saturated carbocycles. The molecule has 20 heavy (non-hydrogen) atoms. The van der Waals surface area contributed by atoms with Crippen molar-refractivity contribution in [2.24, 2.45) is 7.05 Å². The first kappa shape index (κ1) is 12.8. The van der Waals surface area contributed by atoms with Crippen molar-refractivity contribution in [3.8, 4) is 0 Å². The highest BCUT2D eigenvalue weighted by Crippen LogP contribution is 2.16. The van der Waals surface area contributed by atoms with Gasteiger partial charge < -0.3 is 9.88 Å². The Morgan fingerprint density at radius 2 is 2.25 bits per heavy atom. The lowest BCUT2D eigenvalue weighted by Crippen LogP contribution is -2.19. The number of pyridine rings is 1. The van der Waals surface area contributed by atoms with Gasteiger partial charge in [-0.1, -0.05) is 0 Å². The smallest absolute Gasteiger partial charge is 0.157 e. The topological polar surface area (TPSA) is 60.6 Å². The summed E-state index contributed by atoms with van der Waals surface area (Å²) in [6, 6.07) is 2.16. The Labute approximate surface area is 117 Å². The van der Waals surface area contributed by atoms with Crippen molar-refractivity contribution in [3.05, 3.63) is 42.2 Å². The minimum absolute atomic E-state index is 0.811. The highest BCUT2D eigenvalue weighted by molar-refractivity contribution is 5.78. The fourth-order valence-corrected chi connectivity index (χ4v) is 2.31. The van der Waals surface area contributed by atoms with Gasteiger partial charge in [0.25, 0.3) is 0 Å². The van der Waals surface area contributed by atoms with E-state index in [0.717, 1.165) is 36.4 Å². The molecule has 0 radical (unpaired) electrons. The summed E-state index contributed by atoms with van der Waals surface area (Å²) >= 11 is 0. The highest BCUT2D eigenvalue weighted by Gasteiger charge is 2.06. The number of fused-ring (bicyclic) bond motifs is 1. The van der Waals surface area contributed by atoms with Crippen LogP contribution in [0.2, 0.25) is 0 Å². The van der Waals surface area contributed by atoms with E-state index in [9.17, 15) is 0 Å². The Morgan fingerprint density at radius 3 is 3.05 bits per heavy atom. The molecule has 0 amide bonds. The predicted molar refractivity (Wildman–Crippen MR) is 77.2 cm³/mol. The van der Waals surface area contributed by atoms with Crippen LogP contribution in [0, 0.1) is 6.92 Å². The minimum atomic E-state index is 0.811. The van der Waals surface area contributed by atoms with Gasteiger partial charge in [0, 0.05) is 50.7 Å². The molecular formula is C14H18N6. The third kappa shape index (κ3) is 2.55. The van der Waals surface area contributed by atoms with Crippen LogP contribution in [0.1, 0.15) is 11.3 Å². The summed E-state index contributed by atoms with van der Waals surface area (Å²) in [6.07, 6.45) is 7.50. The van der Waals surface area contributed by atoms with Crippen LogP contribution in [0.25, 0.3) is 11.0 Å². The molecule has 6 nitrogen and oxygen atoms in total. The van der Waals surface area contributed by atoms with Crippen molar-refractivity contribution in [3.63, 3.8) is 0 Å². The average Bonchev–Trinajstić information content (AvgIpc) is 3.05. The van der Waals surface area contributed by atoms with Crippen LogP contribution in [-0.2, 0) is 20.1 Å². The van der Waals surface area contributed by atoms with E-state index in [4.69, 9.17) is 0 Å². The molecule has 0 aromatic carbocycles. The van der Waals surface area contributed by atoms with Gasteiger partial charge in [-0.05, 0) is 18.6 Å². The maximum absolute atomic E-state index is 4.48. The van der Waals surface area contributed by atoms with Crippen molar-refractivity contribution in [2.75, 3.05) is 6.54 Å². The third-order valence-corrected chi connectivity index (χ3v) is 3.35. The molecule has 0 spiro atoms. The SMILES string of the molecule is Cc1nn(C)c2ncc(CNCCn3ccnc3)cc12. The van der Waals surface area contributed by atoms with Gasteiger partial charge in [-0.2, -0.15) is 5.10 Å². The Balaban J connectivity index is 1.61. The molecule has 3 heterocycles. The van der Waals surface area contributed by atoms with Gasteiger partial charge in [0.15, 0.2) is 5.65 Å². The van der Waals surface area contributed by atoms with Gasteiger partial charge in [0.1, 0.15) is 0 Å². The Morgan fingerprint density at radius 1 is 1.35 bits per heavy atom. The van der Waals surface area contributed by atoms with Crippen LogP contribution in [0.3, 0.4) is 0 Å². The van der Waals surface area contributed by atoms with Crippen LogP contribution < -0.4 is 5.32 Å². The number of hydrogen-bond acceptors (Lipinski definition) is 4. The maximum atomic E-state index is 4.48. The van der Waals surface area contributed by atoms with Gasteiger partial charge >= 0.3 is 0 Å². The van der Waals surface area contributed by atoms with E-state index in [-0.39, 0.29) is 0 Å². The number of nitrogens with zero attached hydrogens (tertiary/aromatic N) is 5. The molecule has 0 saturated heterocycles. The maximum Gasteiger partial charge on any atom is 0.157 e. The van der Waals surface area contributed by atoms with E-state index >= 15 is 0 Å². The second-order valence-electron chi connectivity index (χ2n) is 4.90. The van der Waals surface area contributed by atoms with Crippen LogP contribution in [0.5, 0.6) is 0 Å². The first-order valence-corrected chi connectivity index (χ1v) is 6.69. The molecule has 0 unspecified atom stereocenters. The van der Waals surface area contributed by atoms with Gasteiger partial charge in [-0.15, -0.1) is 0 Å². The summed E-state index contributed by atoms with van der Waals surface area (Å²) in [7, 11) is 1.92. The lowest BCUT2D eigenvalue weighted by atomic mass is 10.2. The van der Waals surface area contributed by atoms with Crippen LogP contribution >= 0.6 is 0 Å². The van der Waals surface area contributed by atoms with Crippen LogP contribution in [-0.4, -0.2) is 30.9 Å². The zero-order chi connectivity index (χ0) is 13.9. The molecule has 0 aliphatic carbocycles. The molecule has 3 aromatic heterocycles. The van der Waals surface area contributed by atoms with Gasteiger partial charge in [-0.3, -0.25) is 4.68 Å². The number of aryl methyl sites for hydroxylation is 2. The highest BCUT2D eigenvalue weighted by atomic mass is 15.3. The third-order valence-electron chi connectivity index (χ3n) is 3.35. The summed E-state index contributed by atoms with van der Waals surface area (Å²) in [5.41, 5.74) is 3.14. The van der Waals surface area contributed by atoms with E-state index in [2.05, 4.69) is 31.0 Å². The Bertz CT molecular complexity index is 698. The molecular weight excluding hydrogens is 252 g/mol. The van der Waals surface area contributed by atoms with Gasteiger partial charge in [-0.25, -0.2) is 9.97 Å². The second-order valence-corrected chi connectivity index (χ2v) is 4.90. The molecule has 0 aliphatic heterocycles. The van der Waals surface area contributed by atoms with Crippen LogP contribution in [0.4, 0.5) is 0 Å². The fraction of sp³-hybridized carbons (Fsp3) is 0.357. The van der Waals surface area contributed by atoms with Crippen molar-refractivity contribution in [1.29, 1.82) is 0 Å². The quantitative estimate of drug-likeness (QED) is 0.709. The van der Waals surface area contributed by atoms with Crippen molar-refractivity contribution >= 4 is 11.0 Å². The zero-order valence-electron chi connectivity index (χ0n) is 11.7. The fourth-order valence-electron chi connectivity index (χ4n) is 2.31. The van der Waals surface area contributed by atoms with Crippen LogP contribution in [0.15, 0.2) is 31.0 Å².